The van der Waals surface area contributed by atoms with Crippen molar-refractivity contribution in [2.45, 2.75) is 12.0 Å². The number of methoxy groups -OCH3 is 2. The van der Waals surface area contributed by atoms with Crippen LogP contribution < -0.4 is 18.9 Å². The number of ether oxygens (including phenoxy) is 4. The lowest BCUT2D eigenvalue weighted by Crippen LogP contribution is -2.30. The topological polar surface area (TPSA) is 68.6 Å². The first kappa shape index (κ1) is 20.1. The van der Waals surface area contributed by atoms with Gasteiger partial charge in [-0.15, -0.1) is 0 Å². The number of hydrogen-bond donors (Lipinski definition) is 1. The Morgan fingerprint density at radius 2 is 1.83 bits per heavy atom. The molecule has 2 atom stereocenters. The van der Waals surface area contributed by atoms with E-state index in [1.165, 1.54) is 11.1 Å². The van der Waals surface area contributed by atoms with Crippen LogP contribution in [0.3, 0.4) is 0 Å². The lowest BCUT2D eigenvalue weighted by molar-refractivity contribution is -0.544. The summed E-state index contributed by atoms with van der Waals surface area (Å²) < 4.78 is 25.5. The minimum absolute atomic E-state index is 0.115. The molecule has 1 aromatic heterocycles. The van der Waals surface area contributed by atoms with Gasteiger partial charge >= 0.3 is 0 Å². The van der Waals surface area contributed by atoms with Gasteiger partial charge in [-0.1, -0.05) is 18.2 Å². The molecule has 7 heteroatoms. The molecule has 7 nitrogen and oxygen atoms in total. The van der Waals surface area contributed by atoms with Crippen molar-refractivity contribution < 1.29 is 23.5 Å². The van der Waals surface area contributed by atoms with E-state index in [0.717, 1.165) is 56.3 Å². The number of imidazole rings is 1. The average Bonchev–Trinajstić information content (AvgIpc) is 3.56. The van der Waals surface area contributed by atoms with Crippen molar-refractivity contribution >= 4 is 23.3 Å². The summed E-state index contributed by atoms with van der Waals surface area (Å²) in [5.74, 6) is 3.19. The number of rotatable bonds is 3. The van der Waals surface area contributed by atoms with Gasteiger partial charge in [-0.05, 0) is 47.0 Å². The van der Waals surface area contributed by atoms with Crippen LogP contribution in [-0.2, 0) is 0 Å². The lowest BCUT2D eigenvalue weighted by atomic mass is 9.76. The molecular formula is C28H24N3O4+. The molecule has 0 spiro atoms. The first-order chi connectivity index (χ1) is 17.2. The van der Waals surface area contributed by atoms with Gasteiger partial charge in [0.25, 0.3) is 0 Å². The van der Waals surface area contributed by atoms with Gasteiger partial charge in [-0.3, -0.25) is 0 Å². The highest BCUT2D eigenvalue weighted by molar-refractivity contribution is 5.92. The van der Waals surface area contributed by atoms with E-state index in [1.54, 1.807) is 20.5 Å². The molecule has 1 N–H and O–H groups in total. The largest absolute Gasteiger partial charge is 0.493 e. The highest BCUT2D eigenvalue weighted by Crippen LogP contribution is 2.52. The van der Waals surface area contributed by atoms with E-state index >= 15 is 0 Å². The SMILES string of the molecule is COc1cc2c(cc1OC)C1C(C=C2)c2cc(-c3ccc4[nH]cnc4c3)c3c(c2C=[N+]1C)OCO3. The van der Waals surface area contributed by atoms with Crippen LogP contribution in [0.15, 0.2) is 48.8 Å². The Kier molecular flexibility index (Phi) is 4.24. The van der Waals surface area contributed by atoms with Gasteiger partial charge in [0.05, 0.1) is 43.1 Å². The maximum absolute atomic E-state index is 6.03. The van der Waals surface area contributed by atoms with Gasteiger partial charge in [0.15, 0.2) is 35.3 Å². The van der Waals surface area contributed by atoms with Crippen LogP contribution in [0.5, 0.6) is 23.0 Å². The van der Waals surface area contributed by atoms with Crippen molar-refractivity contribution in [2.24, 2.45) is 0 Å². The van der Waals surface area contributed by atoms with Crippen molar-refractivity contribution in [1.82, 2.24) is 9.97 Å². The van der Waals surface area contributed by atoms with Crippen molar-refractivity contribution in [3.63, 3.8) is 0 Å². The van der Waals surface area contributed by atoms with Crippen LogP contribution in [0.1, 0.15) is 34.2 Å². The van der Waals surface area contributed by atoms with E-state index in [1.807, 2.05) is 0 Å². The minimum Gasteiger partial charge on any atom is -0.493 e. The van der Waals surface area contributed by atoms with Gasteiger partial charge in [0.2, 0.25) is 6.79 Å². The second-order valence-electron chi connectivity index (χ2n) is 9.09. The quantitative estimate of drug-likeness (QED) is 0.435. The Morgan fingerprint density at radius 3 is 2.69 bits per heavy atom. The van der Waals surface area contributed by atoms with Crippen LogP contribution in [0.25, 0.3) is 28.2 Å². The van der Waals surface area contributed by atoms with Gasteiger partial charge < -0.3 is 23.9 Å². The number of likely N-dealkylation sites (N-methyl/N-ethyl adjacent to an activating group) is 1. The van der Waals surface area contributed by atoms with Gasteiger partial charge in [0, 0.05) is 11.1 Å². The second kappa shape index (κ2) is 7.37. The zero-order valence-electron chi connectivity index (χ0n) is 19.7. The molecule has 1 aliphatic carbocycles. The third-order valence-corrected chi connectivity index (χ3v) is 7.31. The van der Waals surface area contributed by atoms with Crippen LogP contribution in [0.4, 0.5) is 0 Å². The van der Waals surface area contributed by atoms with Crippen molar-refractivity contribution in [1.29, 1.82) is 0 Å². The fourth-order valence-electron chi connectivity index (χ4n) is 5.68. The third kappa shape index (κ3) is 2.84. The molecule has 2 unspecified atom stereocenters. The standard InChI is InChI=1S/C28H23N3O4/c1-31-12-21-20(17-6-4-16-9-24(32-2)25(33-3)11-18(16)26(17)31)10-19(27-28(21)35-14-34-27)15-5-7-22-23(8-15)30-13-29-22/h4-13,17,26H,14H2,1-3H3/p+1. The molecule has 3 heterocycles. The summed E-state index contributed by atoms with van der Waals surface area (Å²) in [6, 6.07) is 12.8. The van der Waals surface area contributed by atoms with E-state index in [-0.39, 0.29) is 18.8 Å². The number of nitrogens with zero attached hydrogens (tertiary/aromatic N) is 2. The van der Waals surface area contributed by atoms with Gasteiger partial charge in [-0.25, -0.2) is 9.56 Å². The predicted octanol–water partition coefficient (Wildman–Crippen LogP) is 4.90. The van der Waals surface area contributed by atoms with E-state index in [9.17, 15) is 0 Å². The van der Waals surface area contributed by atoms with Crippen molar-refractivity contribution in [2.75, 3.05) is 28.1 Å². The van der Waals surface area contributed by atoms with Crippen LogP contribution in [0.2, 0.25) is 0 Å². The molecule has 35 heavy (non-hydrogen) atoms. The van der Waals surface area contributed by atoms with E-state index < -0.39 is 0 Å². The third-order valence-electron chi connectivity index (χ3n) is 7.31. The zero-order chi connectivity index (χ0) is 23.7. The van der Waals surface area contributed by atoms with E-state index in [4.69, 9.17) is 18.9 Å². The second-order valence-corrected chi connectivity index (χ2v) is 9.09. The smallest absolute Gasteiger partial charge is 0.231 e. The first-order valence-corrected chi connectivity index (χ1v) is 11.6. The molecule has 0 fully saturated rings. The molecule has 4 aromatic rings. The minimum atomic E-state index is 0.115. The number of aromatic nitrogens is 2. The highest BCUT2D eigenvalue weighted by Gasteiger charge is 2.42. The van der Waals surface area contributed by atoms with Crippen LogP contribution >= 0.6 is 0 Å². The Labute approximate surface area is 202 Å². The summed E-state index contributed by atoms with van der Waals surface area (Å²) in [6.07, 6.45) is 8.35. The number of aromatic amines is 1. The summed E-state index contributed by atoms with van der Waals surface area (Å²) >= 11 is 0. The number of H-pyrrole nitrogens is 1. The summed E-state index contributed by atoms with van der Waals surface area (Å²) in [5.41, 5.74) is 8.62. The molecule has 3 aliphatic rings. The fourth-order valence-corrected chi connectivity index (χ4v) is 5.68. The molecule has 0 bridgehead atoms. The molecule has 3 aromatic carbocycles. The number of fused-ring (bicyclic) bond motifs is 8. The zero-order valence-corrected chi connectivity index (χ0v) is 19.7. The molecule has 7 rings (SSSR count). The maximum atomic E-state index is 6.03. The molecular weight excluding hydrogens is 442 g/mol. The maximum Gasteiger partial charge on any atom is 0.231 e. The average molecular weight is 467 g/mol. The monoisotopic (exact) mass is 466 g/mol. The number of hydrogen-bond acceptors (Lipinski definition) is 5. The van der Waals surface area contributed by atoms with Crippen LogP contribution in [0, 0.1) is 0 Å². The summed E-state index contributed by atoms with van der Waals surface area (Å²) in [7, 11) is 5.46. The fraction of sp³-hybridized carbons (Fsp3) is 0.214. The summed E-state index contributed by atoms with van der Waals surface area (Å²) in [5, 5.41) is 0. The summed E-state index contributed by atoms with van der Waals surface area (Å²) in [6.45, 7) is 0.213. The first-order valence-electron chi connectivity index (χ1n) is 11.6. The lowest BCUT2D eigenvalue weighted by Gasteiger charge is -2.32. The summed E-state index contributed by atoms with van der Waals surface area (Å²) in [4.78, 5) is 7.61. The molecule has 0 saturated carbocycles. The highest BCUT2D eigenvalue weighted by atomic mass is 16.7. The van der Waals surface area contributed by atoms with Crippen molar-refractivity contribution in [3.8, 4) is 34.1 Å². The van der Waals surface area contributed by atoms with Crippen LogP contribution in [-0.4, -0.2) is 48.8 Å². The molecule has 0 amide bonds. The Morgan fingerprint density at radius 1 is 1.00 bits per heavy atom. The van der Waals surface area contributed by atoms with E-state index in [0.29, 0.717) is 0 Å². The molecule has 0 saturated heterocycles. The van der Waals surface area contributed by atoms with Gasteiger partial charge in [-0.2, -0.15) is 0 Å². The molecule has 2 aliphatic heterocycles. The Balaban J connectivity index is 1.43. The molecule has 0 radical (unpaired) electrons. The van der Waals surface area contributed by atoms with Crippen molar-refractivity contribution in [3.05, 3.63) is 71.1 Å². The van der Waals surface area contributed by atoms with Gasteiger partial charge in [0.1, 0.15) is 7.05 Å². The predicted molar refractivity (Wildman–Crippen MR) is 133 cm³/mol. The number of benzene rings is 3. The Bertz CT molecular complexity index is 1580. The Hall–Kier alpha value is -4.26. The van der Waals surface area contributed by atoms with E-state index in [2.05, 4.69) is 76.4 Å². The normalized spacial score (nSPS) is 19.1. The molecule has 174 valence electrons. The number of nitrogens with one attached hydrogen (secondary N) is 1.